The van der Waals surface area contributed by atoms with Crippen LogP contribution in [0.4, 0.5) is 0 Å². The first-order valence-electron chi connectivity index (χ1n) is 5.43. The summed E-state index contributed by atoms with van der Waals surface area (Å²) in [6.07, 6.45) is 1.45. The standard InChI is InChI=1S/C13H11BrN2O3/c1-15-13(19)7-2-3-10(16-6-7)8-4-11(17)12(18)5-9(8)14/h2-6,17-18H,1H3,(H,15,19). The first kappa shape index (κ1) is 13.4. The Bertz CT molecular complexity index is 627. The summed E-state index contributed by atoms with van der Waals surface area (Å²) in [6.45, 7) is 0. The number of aromatic hydroxyl groups is 2. The third-order valence-corrected chi connectivity index (χ3v) is 3.25. The van der Waals surface area contributed by atoms with Crippen molar-refractivity contribution in [3.63, 3.8) is 0 Å². The molecule has 0 aliphatic carbocycles. The van der Waals surface area contributed by atoms with E-state index in [4.69, 9.17) is 0 Å². The fourth-order valence-corrected chi connectivity index (χ4v) is 2.11. The molecule has 2 aromatic rings. The van der Waals surface area contributed by atoms with Crippen LogP contribution >= 0.6 is 15.9 Å². The van der Waals surface area contributed by atoms with E-state index in [0.717, 1.165) is 0 Å². The number of hydrogen-bond acceptors (Lipinski definition) is 4. The average molecular weight is 323 g/mol. The number of nitrogens with one attached hydrogen (secondary N) is 1. The van der Waals surface area contributed by atoms with Crippen LogP contribution in [-0.2, 0) is 0 Å². The number of benzene rings is 1. The number of hydrogen-bond donors (Lipinski definition) is 3. The highest BCUT2D eigenvalue weighted by Gasteiger charge is 2.11. The number of carbonyl (C=O) groups is 1. The predicted molar refractivity (Wildman–Crippen MR) is 74.1 cm³/mol. The maximum Gasteiger partial charge on any atom is 0.252 e. The van der Waals surface area contributed by atoms with Crippen LogP contribution in [0.1, 0.15) is 10.4 Å². The topological polar surface area (TPSA) is 82.5 Å². The highest BCUT2D eigenvalue weighted by Crippen LogP contribution is 2.36. The molecule has 19 heavy (non-hydrogen) atoms. The number of carbonyl (C=O) groups excluding carboxylic acids is 1. The van der Waals surface area contributed by atoms with Crippen LogP contribution in [0, 0.1) is 0 Å². The maximum absolute atomic E-state index is 11.4. The lowest BCUT2D eigenvalue weighted by molar-refractivity contribution is 0.0963. The summed E-state index contributed by atoms with van der Waals surface area (Å²) in [5.74, 6) is -0.653. The molecule has 3 N–H and O–H groups in total. The summed E-state index contributed by atoms with van der Waals surface area (Å²) in [5.41, 5.74) is 1.65. The zero-order valence-electron chi connectivity index (χ0n) is 10.0. The van der Waals surface area contributed by atoms with Gasteiger partial charge in [-0.15, -0.1) is 0 Å². The SMILES string of the molecule is CNC(=O)c1ccc(-c2cc(O)c(O)cc2Br)nc1. The van der Waals surface area contributed by atoms with Crippen LogP contribution in [0.25, 0.3) is 11.3 Å². The first-order valence-corrected chi connectivity index (χ1v) is 6.22. The van der Waals surface area contributed by atoms with Crippen molar-refractivity contribution in [2.45, 2.75) is 0 Å². The fraction of sp³-hybridized carbons (Fsp3) is 0.0769. The lowest BCUT2D eigenvalue weighted by atomic mass is 10.1. The molecular weight excluding hydrogens is 312 g/mol. The van der Waals surface area contributed by atoms with Crippen molar-refractivity contribution in [3.8, 4) is 22.8 Å². The van der Waals surface area contributed by atoms with Crippen molar-refractivity contribution < 1.29 is 15.0 Å². The normalized spacial score (nSPS) is 10.2. The second kappa shape index (κ2) is 5.27. The van der Waals surface area contributed by atoms with E-state index in [0.29, 0.717) is 21.3 Å². The van der Waals surface area contributed by atoms with E-state index < -0.39 is 0 Å². The first-order chi connectivity index (χ1) is 9.02. The Morgan fingerprint density at radius 2 is 1.95 bits per heavy atom. The van der Waals surface area contributed by atoms with Crippen molar-refractivity contribution >= 4 is 21.8 Å². The molecule has 0 aliphatic rings. The Labute approximate surface area is 118 Å². The van der Waals surface area contributed by atoms with Crippen molar-refractivity contribution in [2.24, 2.45) is 0 Å². The highest BCUT2D eigenvalue weighted by atomic mass is 79.9. The Balaban J connectivity index is 2.43. The molecule has 1 aromatic heterocycles. The van der Waals surface area contributed by atoms with Crippen molar-refractivity contribution in [3.05, 3.63) is 40.5 Å². The molecule has 0 fully saturated rings. The monoisotopic (exact) mass is 322 g/mol. The van der Waals surface area contributed by atoms with E-state index in [1.54, 1.807) is 19.2 Å². The molecule has 1 aromatic carbocycles. The zero-order valence-corrected chi connectivity index (χ0v) is 11.6. The van der Waals surface area contributed by atoms with Crippen LogP contribution < -0.4 is 5.32 Å². The molecule has 0 saturated heterocycles. The predicted octanol–water partition coefficient (Wildman–Crippen LogP) is 2.28. The van der Waals surface area contributed by atoms with Crippen molar-refractivity contribution in [2.75, 3.05) is 7.05 Å². The van der Waals surface area contributed by atoms with Crippen LogP contribution in [0.2, 0.25) is 0 Å². The highest BCUT2D eigenvalue weighted by molar-refractivity contribution is 9.10. The second-order valence-electron chi connectivity index (χ2n) is 3.83. The largest absolute Gasteiger partial charge is 0.504 e. The van der Waals surface area contributed by atoms with Crippen LogP contribution in [0.3, 0.4) is 0 Å². The van der Waals surface area contributed by atoms with Gasteiger partial charge >= 0.3 is 0 Å². The van der Waals surface area contributed by atoms with Gasteiger partial charge in [-0.2, -0.15) is 0 Å². The molecule has 6 heteroatoms. The summed E-state index contributed by atoms with van der Waals surface area (Å²) in [6, 6.07) is 6.10. The third kappa shape index (κ3) is 2.68. The van der Waals surface area contributed by atoms with Gasteiger partial charge in [-0.3, -0.25) is 9.78 Å². The van der Waals surface area contributed by atoms with Crippen LogP contribution in [0.5, 0.6) is 11.5 Å². The molecule has 0 unspecified atom stereocenters. The van der Waals surface area contributed by atoms with Gasteiger partial charge in [0.05, 0.1) is 11.3 Å². The van der Waals surface area contributed by atoms with E-state index in [2.05, 4.69) is 26.2 Å². The molecule has 2 rings (SSSR count). The van der Waals surface area contributed by atoms with Gasteiger partial charge in [0.1, 0.15) is 0 Å². The van der Waals surface area contributed by atoms with E-state index in [1.165, 1.54) is 18.3 Å². The van der Waals surface area contributed by atoms with E-state index in [9.17, 15) is 15.0 Å². The number of phenols is 2. The second-order valence-corrected chi connectivity index (χ2v) is 4.69. The van der Waals surface area contributed by atoms with E-state index >= 15 is 0 Å². The molecule has 0 atom stereocenters. The summed E-state index contributed by atoms with van der Waals surface area (Å²) in [7, 11) is 1.55. The van der Waals surface area contributed by atoms with Gasteiger partial charge in [0, 0.05) is 23.3 Å². The molecule has 98 valence electrons. The Morgan fingerprint density at radius 1 is 1.26 bits per heavy atom. The Morgan fingerprint density at radius 3 is 2.53 bits per heavy atom. The third-order valence-electron chi connectivity index (χ3n) is 2.59. The summed E-state index contributed by atoms with van der Waals surface area (Å²) in [5, 5.41) is 21.4. The molecule has 0 radical (unpaired) electrons. The lowest BCUT2D eigenvalue weighted by Crippen LogP contribution is -2.17. The smallest absolute Gasteiger partial charge is 0.252 e. The van der Waals surface area contributed by atoms with Crippen LogP contribution in [0.15, 0.2) is 34.9 Å². The van der Waals surface area contributed by atoms with Gasteiger partial charge < -0.3 is 15.5 Å². The van der Waals surface area contributed by atoms with Crippen LogP contribution in [-0.4, -0.2) is 28.2 Å². The van der Waals surface area contributed by atoms with Crippen molar-refractivity contribution in [1.82, 2.24) is 10.3 Å². The molecule has 1 amide bonds. The fourth-order valence-electron chi connectivity index (χ4n) is 1.58. The number of amides is 1. The summed E-state index contributed by atoms with van der Waals surface area (Å²) in [4.78, 5) is 15.6. The minimum absolute atomic E-state index is 0.211. The van der Waals surface area contributed by atoms with E-state index in [-0.39, 0.29) is 17.4 Å². The van der Waals surface area contributed by atoms with Gasteiger partial charge in [-0.1, -0.05) is 0 Å². The van der Waals surface area contributed by atoms with Gasteiger partial charge in [0.15, 0.2) is 11.5 Å². The van der Waals surface area contributed by atoms with Gasteiger partial charge in [0.25, 0.3) is 5.91 Å². The van der Waals surface area contributed by atoms with Crippen molar-refractivity contribution in [1.29, 1.82) is 0 Å². The summed E-state index contributed by atoms with van der Waals surface area (Å²) < 4.78 is 0.600. The summed E-state index contributed by atoms with van der Waals surface area (Å²) >= 11 is 3.29. The Hall–Kier alpha value is -2.08. The maximum atomic E-state index is 11.4. The number of aromatic nitrogens is 1. The molecule has 0 aliphatic heterocycles. The molecule has 0 bridgehead atoms. The average Bonchev–Trinajstić information content (AvgIpc) is 2.42. The van der Waals surface area contributed by atoms with E-state index in [1.807, 2.05) is 0 Å². The molecule has 0 saturated carbocycles. The molecule has 0 spiro atoms. The van der Waals surface area contributed by atoms with Gasteiger partial charge in [0.2, 0.25) is 0 Å². The number of nitrogens with zero attached hydrogens (tertiary/aromatic N) is 1. The molecule has 1 heterocycles. The minimum Gasteiger partial charge on any atom is -0.504 e. The number of pyridine rings is 1. The number of phenolic OH excluding ortho intramolecular Hbond substituents is 2. The van der Waals surface area contributed by atoms with Gasteiger partial charge in [-0.25, -0.2) is 0 Å². The minimum atomic E-state index is -0.227. The molecular formula is C13H11BrN2O3. The number of halogens is 1. The quantitative estimate of drug-likeness (QED) is 0.741. The molecule has 5 nitrogen and oxygen atoms in total. The zero-order chi connectivity index (χ0) is 14.0. The van der Waals surface area contributed by atoms with Gasteiger partial charge in [-0.05, 0) is 40.2 Å². The lowest BCUT2D eigenvalue weighted by Gasteiger charge is -2.07. The Kier molecular flexibility index (Phi) is 3.71. The number of rotatable bonds is 2.